The van der Waals surface area contributed by atoms with E-state index in [1.54, 1.807) is 0 Å². The molecule has 0 radical (unpaired) electrons. The molecule has 0 saturated heterocycles. The first-order valence-corrected chi connectivity index (χ1v) is 4.24. The standard InChI is InChI=1S/C8H17NO2/c1-2-11-7-5-8(10,6-7)3-4-9/h7,10H,2-6,9H2,1H3. The molecule has 0 aromatic rings. The van der Waals surface area contributed by atoms with Gasteiger partial charge >= 0.3 is 0 Å². The Bertz CT molecular complexity index is 121. The van der Waals surface area contributed by atoms with Crippen molar-refractivity contribution in [2.24, 2.45) is 5.73 Å². The zero-order valence-corrected chi connectivity index (χ0v) is 7.05. The van der Waals surface area contributed by atoms with Gasteiger partial charge in [0.25, 0.3) is 0 Å². The fraction of sp³-hybridized carbons (Fsp3) is 1.00. The van der Waals surface area contributed by atoms with Crippen LogP contribution in [0, 0.1) is 0 Å². The number of rotatable bonds is 4. The van der Waals surface area contributed by atoms with Crippen LogP contribution in [-0.2, 0) is 4.74 Å². The van der Waals surface area contributed by atoms with Gasteiger partial charge in [-0.1, -0.05) is 0 Å². The molecule has 3 heteroatoms. The van der Waals surface area contributed by atoms with Crippen LogP contribution < -0.4 is 5.73 Å². The average molecular weight is 159 g/mol. The largest absolute Gasteiger partial charge is 0.390 e. The summed E-state index contributed by atoms with van der Waals surface area (Å²) in [6.07, 6.45) is 2.50. The lowest BCUT2D eigenvalue weighted by Crippen LogP contribution is -2.49. The Morgan fingerprint density at radius 3 is 2.73 bits per heavy atom. The fourth-order valence-electron chi connectivity index (χ4n) is 1.61. The molecule has 1 aliphatic rings. The highest BCUT2D eigenvalue weighted by Crippen LogP contribution is 2.36. The second kappa shape index (κ2) is 3.52. The van der Waals surface area contributed by atoms with Crippen molar-refractivity contribution in [3.05, 3.63) is 0 Å². The summed E-state index contributed by atoms with van der Waals surface area (Å²) in [6.45, 7) is 3.28. The van der Waals surface area contributed by atoms with Gasteiger partial charge in [0.15, 0.2) is 0 Å². The van der Waals surface area contributed by atoms with E-state index in [9.17, 15) is 5.11 Å². The summed E-state index contributed by atoms with van der Waals surface area (Å²) in [7, 11) is 0. The topological polar surface area (TPSA) is 55.5 Å². The van der Waals surface area contributed by atoms with Gasteiger partial charge in [-0.05, 0) is 19.9 Å². The van der Waals surface area contributed by atoms with Crippen LogP contribution in [0.25, 0.3) is 0 Å². The minimum absolute atomic E-state index is 0.275. The Labute approximate surface area is 67.5 Å². The second-order valence-electron chi connectivity index (χ2n) is 3.25. The molecular weight excluding hydrogens is 142 g/mol. The normalized spacial score (nSPS) is 36.8. The summed E-state index contributed by atoms with van der Waals surface area (Å²) in [5, 5.41) is 9.65. The summed E-state index contributed by atoms with van der Waals surface area (Å²) < 4.78 is 5.32. The molecule has 0 amide bonds. The van der Waals surface area contributed by atoms with E-state index >= 15 is 0 Å². The molecule has 3 N–H and O–H groups in total. The maximum absolute atomic E-state index is 9.65. The van der Waals surface area contributed by atoms with Crippen LogP contribution in [0.2, 0.25) is 0 Å². The third kappa shape index (κ3) is 2.15. The van der Waals surface area contributed by atoms with E-state index in [-0.39, 0.29) is 6.10 Å². The highest BCUT2D eigenvalue weighted by atomic mass is 16.5. The van der Waals surface area contributed by atoms with Crippen molar-refractivity contribution in [1.82, 2.24) is 0 Å². The van der Waals surface area contributed by atoms with Crippen molar-refractivity contribution < 1.29 is 9.84 Å². The van der Waals surface area contributed by atoms with Gasteiger partial charge in [-0.15, -0.1) is 0 Å². The van der Waals surface area contributed by atoms with Gasteiger partial charge < -0.3 is 15.6 Å². The summed E-state index contributed by atoms with van der Waals surface area (Å²) in [5.41, 5.74) is 4.84. The Morgan fingerprint density at radius 2 is 2.27 bits per heavy atom. The first-order valence-electron chi connectivity index (χ1n) is 4.24. The van der Waals surface area contributed by atoms with Crippen molar-refractivity contribution in [2.45, 2.75) is 37.9 Å². The maximum atomic E-state index is 9.65. The van der Waals surface area contributed by atoms with E-state index in [2.05, 4.69) is 0 Å². The van der Waals surface area contributed by atoms with Crippen molar-refractivity contribution in [1.29, 1.82) is 0 Å². The Morgan fingerprint density at radius 1 is 1.64 bits per heavy atom. The van der Waals surface area contributed by atoms with Crippen molar-refractivity contribution >= 4 is 0 Å². The molecule has 0 spiro atoms. The second-order valence-corrected chi connectivity index (χ2v) is 3.25. The molecule has 1 rings (SSSR count). The van der Waals surface area contributed by atoms with Crippen LogP contribution in [0.3, 0.4) is 0 Å². The van der Waals surface area contributed by atoms with Crippen LogP contribution >= 0.6 is 0 Å². The lowest BCUT2D eigenvalue weighted by atomic mass is 9.75. The lowest BCUT2D eigenvalue weighted by Gasteiger charge is -2.43. The molecular formula is C8H17NO2. The van der Waals surface area contributed by atoms with Crippen LogP contribution in [0.15, 0.2) is 0 Å². The molecule has 1 fully saturated rings. The van der Waals surface area contributed by atoms with Gasteiger partial charge in [0, 0.05) is 19.4 Å². The highest BCUT2D eigenvalue weighted by Gasteiger charge is 2.42. The molecule has 0 aliphatic heterocycles. The molecule has 0 bridgehead atoms. The number of nitrogens with two attached hydrogens (primary N) is 1. The SMILES string of the molecule is CCOC1CC(O)(CCN)C1. The summed E-state index contributed by atoms with van der Waals surface area (Å²) in [6, 6.07) is 0. The lowest BCUT2D eigenvalue weighted by molar-refractivity contribution is -0.139. The van der Waals surface area contributed by atoms with E-state index < -0.39 is 5.60 Å². The third-order valence-electron chi connectivity index (χ3n) is 2.23. The minimum atomic E-state index is -0.505. The molecule has 1 saturated carbocycles. The molecule has 11 heavy (non-hydrogen) atoms. The van der Waals surface area contributed by atoms with Gasteiger partial charge in [-0.25, -0.2) is 0 Å². The number of aliphatic hydroxyl groups is 1. The fourth-order valence-corrected chi connectivity index (χ4v) is 1.61. The van der Waals surface area contributed by atoms with Crippen LogP contribution in [0.1, 0.15) is 26.2 Å². The monoisotopic (exact) mass is 159 g/mol. The van der Waals surface area contributed by atoms with E-state index in [4.69, 9.17) is 10.5 Å². The van der Waals surface area contributed by atoms with Gasteiger partial charge in [-0.2, -0.15) is 0 Å². The average Bonchev–Trinajstić information content (AvgIpc) is 1.85. The van der Waals surface area contributed by atoms with Crippen LogP contribution in [-0.4, -0.2) is 30.0 Å². The highest BCUT2D eigenvalue weighted by molar-refractivity contribution is 4.95. The first-order chi connectivity index (χ1) is 5.20. The summed E-state index contributed by atoms with van der Waals surface area (Å²) in [5.74, 6) is 0. The van der Waals surface area contributed by atoms with E-state index in [1.165, 1.54) is 0 Å². The van der Waals surface area contributed by atoms with Gasteiger partial charge in [0.1, 0.15) is 0 Å². The van der Waals surface area contributed by atoms with Crippen LogP contribution in [0.5, 0.6) is 0 Å². The molecule has 0 aromatic carbocycles. The van der Waals surface area contributed by atoms with Crippen LogP contribution in [0.4, 0.5) is 0 Å². The summed E-state index contributed by atoms with van der Waals surface area (Å²) >= 11 is 0. The van der Waals surface area contributed by atoms with E-state index in [1.807, 2.05) is 6.92 Å². The van der Waals surface area contributed by atoms with Gasteiger partial charge in [-0.3, -0.25) is 0 Å². The molecule has 0 heterocycles. The van der Waals surface area contributed by atoms with Crippen molar-refractivity contribution in [3.8, 4) is 0 Å². The van der Waals surface area contributed by atoms with Crippen molar-refractivity contribution in [3.63, 3.8) is 0 Å². The predicted molar refractivity (Wildman–Crippen MR) is 43.3 cm³/mol. The van der Waals surface area contributed by atoms with Crippen molar-refractivity contribution in [2.75, 3.05) is 13.2 Å². The zero-order chi connectivity index (χ0) is 8.32. The molecule has 0 unspecified atom stereocenters. The molecule has 1 aliphatic carbocycles. The number of ether oxygens (including phenoxy) is 1. The minimum Gasteiger partial charge on any atom is -0.390 e. The Kier molecular flexibility index (Phi) is 2.87. The zero-order valence-electron chi connectivity index (χ0n) is 7.05. The Balaban J connectivity index is 2.15. The van der Waals surface area contributed by atoms with Gasteiger partial charge in [0.2, 0.25) is 0 Å². The Hall–Kier alpha value is -0.120. The first kappa shape index (κ1) is 8.97. The van der Waals surface area contributed by atoms with Gasteiger partial charge in [0.05, 0.1) is 11.7 Å². The third-order valence-corrected chi connectivity index (χ3v) is 2.23. The van der Waals surface area contributed by atoms with E-state index in [0.29, 0.717) is 13.0 Å². The molecule has 66 valence electrons. The molecule has 0 aromatic heterocycles. The number of hydrogen-bond acceptors (Lipinski definition) is 3. The van der Waals surface area contributed by atoms with E-state index in [0.717, 1.165) is 19.4 Å². The summed E-state index contributed by atoms with van der Waals surface area (Å²) in [4.78, 5) is 0. The molecule has 0 atom stereocenters. The quantitative estimate of drug-likeness (QED) is 0.619. The predicted octanol–water partition coefficient (Wildman–Crippen LogP) is 0.265. The molecule has 3 nitrogen and oxygen atoms in total. The smallest absolute Gasteiger partial charge is 0.0709 e. The number of hydrogen-bond donors (Lipinski definition) is 2. The maximum Gasteiger partial charge on any atom is 0.0709 e.